The summed E-state index contributed by atoms with van der Waals surface area (Å²) in [6.07, 6.45) is 14.9. The van der Waals surface area contributed by atoms with Gasteiger partial charge in [0.05, 0.1) is 31.0 Å². The van der Waals surface area contributed by atoms with Gasteiger partial charge in [0.25, 0.3) is 0 Å². The van der Waals surface area contributed by atoms with E-state index in [0.29, 0.717) is 24.4 Å². The predicted molar refractivity (Wildman–Crippen MR) is 97.9 cm³/mol. The van der Waals surface area contributed by atoms with Crippen LogP contribution in [0.4, 0.5) is 0 Å². The molecule has 3 fully saturated rings. The van der Waals surface area contributed by atoms with Crippen LogP contribution in [0, 0.1) is 0 Å². The Morgan fingerprint density at radius 1 is 1.04 bits per heavy atom. The Morgan fingerprint density at radius 2 is 1.83 bits per heavy atom. The standard InChI is InChI=1S/C19H35O4P/c1-2-15(23-24)13-16-7-6-8-17(21-16)14-18-9-12-20-19(22-18)10-4-3-5-11-19/h15-18H,2-14,24H2,1H3/t15-,16+,17-,18+/m1/s1. The fourth-order valence-electron chi connectivity index (χ4n) is 4.52. The van der Waals surface area contributed by atoms with Crippen LogP contribution >= 0.6 is 9.47 Å². The fraction of sp³-hybridized carbons (Fsp3) is 1.00. The van der Waals surface area contributed by atoms with Crippen LogP contribution in [-0.4, -0.2) is 36.8 Å². The van der Waals surface area contributed by atoms with E-state index in [0.717, 1.165) is 45.1 Å². The van der Waals surface area contributed by atoms with Gasteiger partial charge in [0.2, 0.25) is 0 Å². The maximum absolute atomic E-state index is 6.45. The number of hydrogen-bond donors (Lipinski definition) is 0. The summed E-state index contributed by atoms with van der Waals surface area (Å²) in [5.74, 6) is -0.268. The normalized spacial score (nSPS) is 35.0. The largest absolute Gasteiger partial charge is 0.375 e. The van der Waals surface area contributed by atoms with Crippen LogP contribution < -0.4 is 0 Å². The summed E-state index contributed by atoms with van der Waals surface area (Å²) in [6.45, 7) is 3.02. The second-order valence-electron chi connectivity index (χ2n) is 7.80. The average molecular weight is 358 g/mol. The van der Waals surface area contributed by atoms with Crippen molar-refractivity contribution < 1.29 is 18.7 Å². The minimum Gasteiger partial charge on any atom is -0.375 e. The zero-order valence-corrected chi connectivity index (χ0v) is 16.4. The summed E-state index contributed by atoms with van der Waals surface area (Å²) in [7, 11) is 2.41. The van der Waals surface area contributed by atoms with Gasteiger partial charge < -0.3 is 18.7 Å². The van der Waals surface area contributed by atoms with Gasteiger partial charge in [-0.1, -0.05) is 13.3 Å². The van der Waals surface area contributed by atoms with Gasteiger partial charge in [-0.15, -0.1) is 0 Å². The topological polar surface area (TPSA) is 36.9 Å². The van der Waals surface area contributed by atoms with Crippen molar-refractivity contribution >= 4 is 9.47 Å². The Bertz CT molecular complexity index is 363. The minimum absolute atomic E-state index is 0.268. The van der Waals surface area contributed by atoms with Gasteiger partial charge in [-0.2, -0.15) is 0 Å². The second kappa shape index (κ2) is 9.28. The molecule has 2 aliphatic heterocycles. The van der Waals surface area contributed by atoms with E-state index < -0.39 is 0 Å². The molecule has 4 nitrogen and oxygen atoms in total. The van der Waals surface area contributed by atoms with Crippen LogP contribution in [0.25, 0.3) is 0 Å². The van der Waals surface area contributed by atoms with Crippen molar-refractivity contribution in [1.29, 1.82) is 0 Å². The Balaban J connectivity index is 1.48. The smallest absolute Gasteiger partial charge is 0.168 e. The summed E-state index contributed by atoms with van der Waals surface area (Å²) in [4.78, 5) is 0. The van der Waals surface area contributed by atoms with Crippen molar-refractivity contribution in [3.8, 4) is 0 Å². The Kier molecular flexibility index (Phi) is 7.36. The first-order valence-electron chi connectivity index (χ1n) is 10.1. The lowest BCUT2D eigenvalue weighted by atomic mass is 9.91. The Morgan fingerprint density at radius 3 is 2.58 bits per heavy atom. The summed E-state index contributed by atoms with van der Waals surface area (Å²) in [6, 6.07) is 0. The first-order valence-corrected chi connectivity index (χ1v) is 10.5. The summed E-state index contributed by atoms with van der Waals surface area (Å²) in [5.41, 5.74) is 0. The van der Waals surface area contributed by atoms with E-state index in [9.17, 15) is 0 Å². The minimum atomic E-state index is -0.268. The SMILES string of the molecule is CC[C@H](C[C@@H]1CCC[C@H](C[C@@H]2CCOC3(CCCCC3)O2)O1)OP. The third-order valence-corrected chi connectivity index (χ3v) is 6.32. The lowest BCUT2D eigenvalue weighted by Crippen LogP contribution is -2.47. The van der Waals surface area contributed by atoms with Crippen LogP contribution in [-0.2, 0) is 18.7 Å². The molecule has 3 rings (SSSR count). The van der Waals surface area contributed by atoms with E-state index in [-0.39, 0.29) is 5.79 Å². The maximum atomic E-state index is 6.45. The molecule has 1 saturated carbocycles. The van der Waals surface area contributed by atoms with Crippen molar-refractivity contribution in [3.05, 3.63) is 0 Å². The molecule has 0 aromatic carbocycles. The molecule has 0 amide bonds. The molecule has 2 saturated heterocycles. The van der Waals surface area contributed by atoms with Crippen LogP contribution in [0.3, 0.4) is 0 Å². The molecule has 5 heteroatoms. The van der Waals surface area contributed by atoms with Crippen molar-refractivity contribution in [3.63, 3.8) is 0 Å². The van der Waals surface area contributed by atoms with E-state index in [2.05, 4.69) is 16.4 Å². The summed E-state index contributed by atoms with van der Waals surface area (Å²) >= 11 is 0. The van der Waals surface area contributed by atoms with Gasteiger partial charge in [0.1, 0.15) is 0 Å². The predicted octanol–water partition coefficient (Wildman–Crippen LogP) is 4.76. The zero-order chi connectivity index (χ0) is 16.8. The average Bonchev–Trinajstić information content (AvgIpc) is 2.61. The lowest BCUT2D eigenvalue weighted by Gasteiger charge is -2.44. The third-order valence-electron chi connectivity index (χ3n) is 5.94. The molecule has 2 heterocycles. The molecular formula is C19H35O4P. The van der Waals surface area contributed by atoms with Crippen LogP contribution in [0.1, 0.15) is 84.0 Å². The second-order valence-corrected chi connectivity index (χ2v) is 8.07. The molecule has 3 aliphatic rings. The molecule has 0 aromatic rings. The zero-order valence-electron chi connectivity index (χ0n) is 15.2. The van der Waals surface area contributed by atoms with Crippen LogP contribution in [0.15, 0.2) is 0 Å². The van der Waals surface area contributed by atoms with E-state index in [4.69, 9.17) is 18.7 Å². The molecule has 0 bridgehead atoms. The van der Waals surface area contributed by atoms with Crippen LogP contribution in [0.2, 0.25) is 0 Å². The van der Waals surface area contributed by atoms with Gasteiger partial charge in [-0.3, -0.25) is 0 Å². The lowest BCUT2D eigenvalue weighted by molar-refractivity contribution is -0.309. The highest BCUT2D eigenvalue weighted by atomic mass is 31.0. The van der Waals surface area contributed by atoms with Crippen molar-refractivity contribution in [2.45, 2.75) is 114 Å². The Labute approximate surface area is 149 Å². The highest BCUT2D eigenvalue weighted by molar-refractivity contribution is 7.09. The van der Waals surface area contributed by atoms with E-state index in [1.807, 2.05) is 0 Å². The van der Waals surface area contributed by atoms with Crippen molar-refractivity contribution in [1.82, 2.24) is 0 Å². The van der Waals surface area contributed by atoms with Gasteiger partial charge >= 0.3 is 0 Å². The molecule has 1 spiro atoms. The highest BCUT2D eigenvalue weighted by Gasteiger charge is 2.40. The summed E-state index contributed by atoms with van der Waals surface area (Å²) in [5, 5.41) is 0. The number of ether oxygens (including phenoxy) is 3. The Hall–Kier alpha value is 0.270. The van der Waals surface area contributed by atoms with Gasteiger partial charge in [-0.25, -0.2) is 0 Å². The van der Waals surface area contributed by atoms with E-state index in [1.165, 1.54) is 38.5 Å². The van der Waals surface area contributed by atoms with Crippen molar-refractivity contribution in [2.24, 2.45) is 0 Å². The monoisotopic (exact) mass is 358 g/mol. The van der Waals surface area contributed by atoms with Gasteiger partial charge in [-0.05, 0) is 51.4 Å². The number of hydrogen-bond acceptors (Lipinski definition) is 4. The molecule has 140 valence electrons. The number of rotatable bonds is 6. The van der Waals surface area contributed by atoms with E-state index in [1.54, 1.807) is 0 Å². The molecule has 0 radical (unpaired) electrons. The molecule has 5 atom stereocenters. The molecule has 0 N–H and O–H groups in total. The highest BCUT2D eigenvalue weighted by Crippen LogP contribution is 2.38. The first-order chi connectivity index (χ1) is 11.7. The first kappa shape index (κ1) is 19.0. The van der Waals surface area contributed by atoms with E-state index >= 15 is 0 Å². The van der Waals surface area contributed by atoms with Gasteiger partial charge in [0, 0.05) is 28.7 Å². The van der Waals surface area contributed by atoms with Crippen molar-refractivity contribution in [2.75, 3.05) is 6.61 Å². The van der Waals surface area contributed by atoms with Crippen LogP contribution in [0.5, 0.6) is 0 Å². The quantitative estimate of drug-likeness (QED) is 0.642. The molecule has 0 aromatic heterocycles. The summed E-state index contributed by atoms with van der Waals surface area (Å²) < 4.78 is 24.3. The molecule has 24 heavy (non-hydrogen) atoms. The third kappa shape index (κ3) is 5.14. The fourth-order valence-corrected chi connectivity index (χ4v) is 4.83. The van der Waals surface area contributed by atoms with Gasteiger partial charge in [0.15, 0.2) is 5.79 Å². The molecular weight excluding hydrogens is 323 g/mol. The molecule has 1 aliphatic carbocycles. The molecule has 1 unspecified atom stereocenters. The maximum Gasteiger partial charge on any atom is 0.168 e.